The van der Waals surface area contributed by atoms with Gasteiger partial charge in [0.15, 0.2) is 10.8 Å². The molecule has 3 aromatic rings. The molecule has 1 aliphatic heterocycles. The van der Waals surface area contributed by atoms with Gasteiger partial charge >= 0.3 is 12.4 Å². The van der Waals surface area contributed by atoms with Crippen molar-refractivity contribution in [3.63, 3.8) is 0 Å². The second-order valence-corrected chi connectivity index (χ2v) is 9.31. The number of piperazine rings is 1. The van der Waals surface area contributed by atoms with Crippen LogP contribution in [0.2, 0.25) is 0 Å². The van der Waals surface area contributed by atoms with E-state index in [0.717, 1.165) is 17.1 Å². The Morgan fingerprint density at radius 1 is 1.14 bits per heavy atom. The fourth-order valence-electron chi connectivity index (χ4n) is 3.87. The molecule has 17 heteroatoms. The number of rotatable bonds is 7. The number of nitrogens with zero attached hydrogens (tertiary/aromatic N) is 6. The molecule has 1 amide bonds. The third kappa shape index (κ3) is 5.87. The fraction of sp³-hybridized carbons (Fsp3) is 0.550. The molecule has 1 saturated heterocycles. The molecule has 1 atom stereocenters. The number of hydrogen-bond donors (Lipinski definition) is 1. The molecule has 0 saturated carbocycles. The predicted molar refractivity (Wildman–Crippen MR) is 119 cm³/mol. The summed E-state index contributed by atoms with van der Waals surface area (Å²) in [5.74, 6) is -0.220. The van der Waals surface area contributed by atoms with E-state index < -0.39 is 39.9 Å². The molecule has 10 nitrogen and oxygen atoms in total. The number of nitrogens with one attached hydrogen (secondary N) is 1. The van der Waals surface area contributed by atoms with E-state index in [2.05, 4.69) is 15.2 Å². The van der Waals surface area contributed by atoms with E-state index in [4.69, 9.17) is 4.74 Å². The number of amides is 1. The molecule has 1 unspecified atom stereocenters. The zero-order valence-corrected chi connectivity index (χ0v) is 20.1. The number of H-pyrrole nitrogens is 1. The summed E-state index contributed by atoms with van der Waals surface area (Å²) < 4.78 is 84.9. The number of carbonyl (C=O) groups is 1. The maximum atomic E-state index is 13.3. The number of alkyl halides is 6. The molecule has 1 fully saturated rings. The van der Waals surface area contributed by atoms with Crippen LogP contribution in [0.25, 0.3) is 10.9 Å². The summed E-state index contributed by atoms with van der Waals surface area (Å²) in [6.07, 6.45) is -7.41. The molecule has 0 aromatic carbocycles. The van der Waals surface area contributed by atoms with Gasteiger partial charge in [-0.25, -0.2) is 10.1 Å². The van der Waals surface area contributed by atoms with Crippen LogP contribution in [0.5, 0.6) is 0 Å². The van der Waals surface area contributed by atoms with Gasteiger partial charge in [-0.15, -0.1) is 0 Å². The first-order valence-corrected chi connectivity index (χ1v) is 11.8. The Labute approximate surface area is 208 Å². The van der Waals surface area contributed by atoms with Crippen LogP contribution in [0.1, 0.15) is 30.0 Å². The molecule has 4 heterocycles. The summed E-state index contributed by atoms with van der Waals surface area (Å²) in [4.78, 5) is 30.7. The van der Waals surface area contributed by atoms with Crippen LogP contribution in [0.3, 0.4) is 0 Å². The average Bonchev–Trinajstić information content (AvgIpc) is 3.48. The summed E-state index contributed by atoms with van der Waals surface area (Å²) in [6.45, 7) is 2.74. The van der Waals surface area contributed by atoms with Crippen LogP contribution in [0, 0.1) is 0 Å². The summed E-state index contributed by atoms with van der Waals surface area (Å²) in [5, 5.41) is 8.71. The van der Waals surface area contributed by atoms with Crippen molar-refractivity contribution in [1.82, 2.24) is 29.9 Å². The van der Waals surface area contributed by atoms with Crippen LogP contribution in [0.15, 0.2) is 17.2 Å². The standard InChI is InChI=1S/C20H21F6N7O3S/c1-11(33-12-8-28-29-17(35)15(12)16(30-33)20(24,25)26)10-36-7-2-14(34)31-3-5-32(6-4-31)18-27-9-13(37-18)19(21,22)23/h8-9,11H,2-7,10H2,1H3,(H,29,35). The number of aromatic nitrogens is 5. The zero-order valence-electron chi connectivity index (χ0n) is 19.3. The molecule has 0 spiro atoms. The number of carbonyl (C=O) groups excluding carboxylic acids is 1. The molecule has 4 rings (SSSR count). The van der Waals surface area contributed by atoms with Gasteiger partial charge in [-0.05, 0) is 6.92 Å². The Morgan fingerprint density at radius 2 is 1.84 bits per heavy atom. The average molecular weight is 553 g/mol. The monoisotopic (exact) mass is 553 g/mol. The van der Waals surface area contributed by atoms with Gasteiger partial charge in [0.2, 0.25) is 5.91 Å². The number of fused-ring (bicyclic) bond motifs is 1. The van der Waals surface area contributed by atoms with E-state index in [1.54, 1.807) is 16.7 Å². The minimum atomic E-state index is -4.84. The number of halogens is 6. The Balaban J connectivity index is 1.27. The molecule has 37 heavy (non-hydrogen) atoms. The van der Waals surface area contributed by atoms with Crippen LogP contribution in [-0.2, 0) is 21.9 Å². The van der Waals surface area contributed by atoms with Gasteiger partial charge in [-0.1, -0.05) is 11.3 Å². The third-order valence-corrected chi connectivity index (χ3v) is 6.81. The van der Waals surface area contributed by atoms with Crippen molar-refractivity contribution in [2.45, 2.75) is 31.7 Å². The molecule has 1 N–H and O–H groups in total. The fourth-order valence-corrected chi connectivity index (χ4v) is 4.70. The number of hydrogen-bond acceptors (Lipinski definition) is 8. The van der Waals surface area contributed by atoms with Gasteiger partial charge in [0, 0.05) is 26.2 Å². The lowest BCUT2D eigenvalue weighted by molar-refractivity contribution is -0.140. The molecule has 202 valence electrons. The summed E-state index contributed by atoms with van der Waals surface area (Å²) in [5.41, 5.74) is -2.42. The molecule has 3 aromatic heterocycles. The molecule has 0 radical (unpaired) electrons. The summed E-state index contributed by atoms with van der Waals surface area (Å²) in [6, 6.07) is -0.694. The quantitative estimate of drug-likeness (QED) is 0.354. The molecular weight excluding hydrogens is 532 g/mol. The predicted octanol–water partition coefficient (Wildman–Crippen LogP) is 2.93. The summed E-state index contributed by atoms with van der Waals surface area (Å²) in [7, 11) is 0. The van der Waals surface area contributed by atoms with Crippen molar-refractivity contribution in [2.75, 3.05) is 44.3 Å². The van der Waals surface area contributed by atoms with Crippen molar-refractivity contribution in [1.29, 1.82) is 0 Å². The first-order chi connectivity index (χ1) is 17.4. The second kappa shape index (κ2) is 10.3. The SMILES string of the molecule is CC(COCCC(=O)N1CCN(c2ncc(C(F)(F)F)s2)CC1)n1nc(C(F)(F)F)c2c(=O)[nH]ncc21. The van der Waals surface area contributed by atoms with Gasteiger partial charge < -0.3 is 14.5 Å². The first-order valence-electron chi connectivity index (χ1n) is 11.0. The maximum Gasteiger partial charge on any atom is 0.435 e. The van der Waals surface area contributed by atoms with Gasteiger partial charge in [0.05, 0.1) is 43.6 Å². The van der Waals surface area contributed by atoms with Crippen LogP contribution < -0.4 is 10.5 Å². The van der Waals surface area contributed by atoms with E-state index >= 15 is 0 Å². The molecule has 1 aliphatic rings. The normalized spacial score (nSPS) is 16.0. The number of aromatic amines is 1. The largest absolute Gasteiger partial charge is 0.435 e. The van der Waals surface area contributed by atoms with E-state index in [9.17, 15) is 35.9 Å². The minimum absolute atomic E-state index is 0.00499. The van der Waals surface area contributed by atoms with Gasteiger partial charge in [-0.3, -0.25) is 14.3 Å². The van der Waals surface area contributed by atoms with Crippen LogP contribution >= 0.6 is 11.3 Å². The number of anilines is 1. The van der Waals surface area contributed by atoms with Crippen molar-refractivity contribution >= 4 is 33.3 Å². The van der Waals surface area contributed by atoms with Crippen molar-refractivity contribution in [3.05, 3.63) is 33.3 Å². The van der Waals surface area contributed by atoms with Crippen molar-refractivity contribution < 1.29 is 35.9 Å². The van der Waals surface area contributed by atoms with Gasteiger partial charge in [0.25, 0.3) is 5.56 Å². The third-order valence-electron chi connectivity index (χ3n) is 5.71. The highest BCUT2D eigenvalue weighted by Gasteiger charge is 2.39. The van der Waals surface area contributed by atoms with Crippen LogP contribution in [0.4, 0.5) is 31.5 Å². The van der Waals surface area contributed by atoms with Crippen molar-refractivity contribution in [2.24, 2.45) is 0 Å². The van der Waals surface area contributed by atoms with E-state index in [1.165, 1.54) is 0 Å². The molecule has 0 aliphatic carbocycles. The Kier molecular flexibility index (Phi) is 7.45. The Hall–Kier alpha value is -3.21. The highest BCUT2D eigenvalue weighted by atomic mass is 32.1. The number of thiazole rings is 1. The molecule has 0 bridgehead atoms. The Bertz CT molecular complexity index is 1310. The highest BCUT2D eigenvalue weighted by molar-refractivity contribution is 7.15. The Morgan fingerprint density at radius 3 is 2.46 bits per heavy atom. The first kappa shape index (κ1) is 26.8. The van der Waals surface area contributed by atoms with Gasteiger partial charge in [0.1, 0.15) is 10.3 Å². The number of ether oxygens (including phenoxy) is 1. The topological polar surface area (TPSA) is 109 Å². The lowest BCUT2D eigenvalue weighted by Gasteiger charge is -2.34. The van der Waals surface area contributed by atoms with Crippen molar-refractivity contribution in [3.8, 4) is 0 Å². The van der Waals surface area contributed by atoms with Crippen LogP contribution in [-0.4, -0.2) is 75.2 Å². The molecular formula is C20H21F6N7O3S. The highest BCUT2D eigenvalue weighted by Crippen LogP contribution is 2.36. The zero-order chi connectivity index (χ0) is 27.0. The van der Waals surface area contributed by atoms with E-state index in [-0.39, 0.29) is 36.2 Å². The maximum absolute atomic E-state index is 13.3. The van der Waals surface area contributed by atoms with Gasteiger partial charge in [-0.2, -0.15) is 36.5 Å². The second-order valence-electron chi connectivity index (χ2n) is 8.30. The van der Waals surface area contributed by atoms with E-state index in [0.29, 0.717) is 37.5 Å². The smallest absolute Gasteiger partial charge is 0.379 e. The summed E-state index contributed by atoms with van der Waals surface area (Å²) >= 11 is 0.552. The van der Waals surface area contributed by atoms with E-state index in [1.807, 2.05) is 5.10 Å². The lowest BCUT2D eigenvalue weighted by atomic mass is 10.2. The minimum Gasteiger partial charge on any atom is -0.379 e. The lowest BCUT2D eigenvalue weighted by Crippen LogP contribution is -2.49.